The molecule has 1 aromatic rings. The molecule has 0 bridgehead atoms. The molecule has 0 amide bonds. The molecule has 4 nitrogen and oxygen atoms in total. The number of hydrogen-bond acceptors (Lipinski definition) is 4. The summed E-state index contributed by atoms with van der Waals surface area (Å²) in [6.45, 7) is 8.50. The summed E-state index contributed by atoms with van der Waals surface area (Å²) in [5, 5.41) is 3.25. The zero-order chi connectivity index (χ0) is 13.1. The fourth-order valence-corrected chi connectivity index (χ4v) is 1.45. The lowest BCUT2D eigenvalue weighted by Crippen LogP contribution is -2.24. The van der Waals surface area contributed by atoms with E-state index in [0.29, 0.717) is 13.2 Å². The van der Waals surface area contributed by atoms with Crippen molar-refractivity contribution in [1.29, 1.82) is 0 Å². The van der Waals surface area contributed by atoms with E-state index in [2.05, 4.69) is 5.32 Å². The van der Waals surface area contributed by atoms with Crippen molar-refractivity contribution in [3.8, 4) is 11.5 Å². The van der Waals surface area contributed by atoms with Gasteiger partial charge in [0.05, 0.1) is 13.2 Å². The van der Waals surface area contributed by atoms with Gasteiger partial charge in [0.25, 0.3) is 0 Å². The minimum absolute atomic E-state index is 0.653. The van der Waals surface area contributed by atoms with Crippen molar-refractivity contribution in [2.24, 2.45) is 0 Å². The van der Waals surface area contributed by atoms with Gasteiger partial charge in [0.2, 0.25) is 0 Å². The van der Waals surface area contributed by atoms with Gasteiger partial charge in [-0.2, -0.15) is 0 Å². The Morgan fingerprint density at radius 2 is 1.44 bits per heavy atom. The lowest BCUT2D eigenvalue weighted by Gasteiger charge is -2.08. The molecule has 18 heavy (non-hydrogen) atoms. The molecule has 0 spiro atoms. The zero-order valence-corrected chi connectivity index (χ0v) is 11.3. The van der Waals surface area contributed by atoms with Crippen LogP contribution in [0.4, 0.5) is 0 Å². The van der Waals surface area contributed by atoms with Gasteiger partial charge < -0.3 is 19.5 Å². The Hall–Kier alpha value is -1.26. The summed E-state index contributed by atoms with van der Waals surface area (Å²) in [5.41, 5.74) is 0. The zero-order valence-electron chi connectivity index (χ0n) is 11.3. The number of ether oxygens (including phenoxy) is 3. The molecule has 102 valence electrons. The van der Waals surface area contributed by atoms with Gasteiger partial charge >= 0.3 is 0 Å². The SMILES string of the molecule is CCOCCNCCOc1ccc(OCC)cc1. The number of benzene rings is 1. The lowest BCUT2D eigenvalue weighted by atomic mass is 10.3. The van der Waals surface area contributed by atoms with Crippen molar-refractivity contribution < 1.29 is 14.2 Å². The van der Waals surface area contributed by atoms with Crippen molar-refractivity contribution >= 4 is 0 Å². The highest BCUT2D eigenvalue weighted by molar-refractivity contribution is 5.31. The molecule has 0 atom stereocenters. The molecule has 0 heterocycles. The third-order valence-corrected chi connectivity index (χ3v) is 2.31. The summed E-state index contributed by atoms with van der Waals surface area (Å²) < 4.78 is 16.2. The van der Waals surface area contributed by atoms with E-state index < -0.39 is 0 Å². The first kappa shape index (κ1) is 14.8. The quantitative estimate of drug-likeness (QED) is 0.648. The second kappa shape index (κ2) is 9.74. The van der Waals surface area contributed by atoms with Crippen LogP contribution in [0.15, 0.2) is 24.3 Å². The summed E-state index contributed by atoms with van der Waals surface area (Å²) in [6, 6.07) is 7.68. The van der Waals surface area contributed by atoms with E-state index in [9.17, 15) is 0 Å². The van der Waals surface area contributed by atoms with E-state index in [0.717, 1.165) is 37.8 Å². The summed E-state index contributed by atoms with van der Waals surface area (Å²) >= 11 is 0. The van der Waals surface area contributed by atoms with Crippen LogP contribution in [-0.4, -0.2) is 39.5 Å². The van der Waals surface area contributed by atoms with Gasteiger partial charge in [-0.15, -0.1) is 0 Å². The first-order valence-corrected chi connectivity index (χ1v) is 6.51. The largest absolute Gasteiger partial charge is 0.494 e. The van der Waals surface area contributed by atoms with Crippen LogP contribution in [0.2, 0.25) is 0 Å². The van der Waals surface area contributed by atoms with E-state index in [1.54, 1.807) is 0 Å². The van der Waals surface area contributed by atoms with Crippen LogP contribution in [0.5, 0.6) is 11.5 Å². The van der Waals surface area contributed by atoms with Crippen LogP contribution in [0.25, 0.3) is 0 Å². The van der Waals surface area contributed by atoms with Gasteiger partial charge in [-0.05, 0) is 38.1 Å². The standard InChI is InChI=1S/C14H23NO3/c1-3-16-11-9-15-10-12-18-14-7-5-13(6-8-14)17-4-2/h5-8,15H,3-4,9-12H2,1-2H3. The Kier molecular flexibility index (Phi) is 8.01. The minimum atomic E-state index is 0.653. The highest BCUT2D eigenvalue weighted by atomic mass is 16.5. The molecule has 0 saturated carbocycles. The molecule has 4 heteroatoms. The molecular formula is C14H23NO3. The molecule has 0 saturated heterocycles. The highest BCUT2D eigenvalue weighted by Gasteiger charge is 1.95. The van der Waals surface area contributed by atoms with Crippen molar-refractivity contribution in [1.82, 2.24) is 5.32 Å². The van der Waals surface area contributed by atoms with Gasteiger partial charge in [0.1, 0.15) is 18.1 Å². The van der Waals surface area contributed by atoms with Crippen LogP contribution in [-0.2, 0) is 4.74 Å². The van der Waals surface area contributed by atoms with E-state index in [4.69, 9.17) is 14.2 Å². The number of nitrogens with one attached hydrogen (secondary N) is 1. The molecule has 1 N–H and O–H groups in total. The number of rotatable bonds is 10. The maximum atomic E-state index is 5.59. The molecule has 0 aromatic heterocycles. The van der Waals surface area contributed by atoms with Crippen LogP contribution in [0.1, 0.15) is 13.8 Å². The molecule has 0 aliphatic rings. The van der Waals surface area contributed by atoms with Crippen molar-refractivity contribution in [2.75, 3.05) is 39.5 Å². The van der Waals surface area contributed by atoms with E-state index in [-0.39, 0.29) is 0 Å². The third-order valence-electron chi connectivity index (χ3n) is 2.31. The maximum absolute atomic E-state index is 5.59. The predicted octanol–water partition coefficient (Wildman–Crippen LogP) is 2.09. The molecule has 0 aliphatic heterocycles. The van der Waals surface area contributed by atoms with Gasteiger partial charge in [0, 0.05) is 19.7 Å². The van der Waals surface area contributed by atoms with Crippen LogP contribution in [0.3, 0.4) is 0 Å². The molecule has 0 radical (unpaired) electrons. The van der Waals surface area contributed by atoms with Gasteiger partial charge in [-0.25, -0.2) is 0 Å². The topological polar surface area (TPSA) is 39.7 Å². The summed E-state index contributed by atoms with van der Waals surface area (Å²) in [4.78, 5) is 0. The van der Waals surface area contributed by atoms with Gasteiger partial charge in [0.15, 0.2) is 0 Å². The summed E-state index contributed by atoms with van der Waals surface area (Å²) in [7, 11) is 0. The van der Waals surface area contributed by atoms with Crippen molar-refractivity contribution in [2.45, 2.75) is 13.8 Å². The minimum Gasteiger partial charge on any atom is -0.494 e. The smallest absolute Gasteiger partial charge is 0.119 e. The van der Waals surface area contributed by atoms with Crippen LogP contribution in [0, 0.1) is 0 Å². The first-order valence-electron chi connectivity index (χ1n) is 6.51. The molecule has 0 fully saturated rings. The monoisotopic (exact) mass is 253 g/mol. The normalized spacial score (nSPS) is 10.3. The lowest BCUT2D eigenvalue weighted by molar-refractivity contribution is 0.148. The van der Waals surface area contributed by atoms with E-state index in [1.807, 2.05) is 38.1 Å². The fraction of sp³-hybridized carbons (Fsp3) is 0.571. The highest BCUT2D eigenvalue weighted by Crippen LogP contribution is 2.17. The molecule has 0 unspecified atom stereocenters. The predicted molar refractivity (Wildman–Crippen MR) is 72.5 cm³/mol. The number of hydrogen-bond donors (Lipinski definition) is 1. The second-order valence-corrected chi connectivity index (χ2v) is 3.70. The van der Waals surface area contributed by atoms with Crippen molar-refractivity contribution in [3.63, 3.8) is 0 Å². The summed E-state index contributed by atoms with van der Waals surface area (Å²) in [6.07, 6.45) is 0. The third kappa shape index (κ3) is 6.47. The molecule has 1 rings (SSSR count). The fourth-order valence-electron chi connectivity index (χ4n) is 1.45. The Balaban J connectivity index is 2.08. The summed E-state index contributed by atoms with van der Waals surface area (Å²) in [5.74, 6) is 1.74. The Morgan fingerprint density at radius 3 is 2.06 bits per heavy atom. The Morgan fingerprint density at radius 1 is 0.833 bits per heavy atom. The Bertz CT molecular complexity index is 300. The first-order chi connectivity index (χ1) is 8.86. The van der Waals surface area contributed by atoms with E-state index >= 15 is 0 Å². The van der Waals surface area contributed by atoms with Crippen LogP contribution < -0.4 is 14.8 Å². The second-order valence-electron chi connectivity index (χ2n) is 3.70. The van der Waals surface area contributed by atoms with Crippen molar-refractivity contribution in [3.05, 3.63) is 24.3 Å². The molecular weight excluding hydrogens is 230 g/mol. The van der Waals surface area contributed by atoms with E-state index in [1.165, 1.54) is 0 Å². The Labute approximate surface area is 109 Å². The average molecular weight is 253 g/mol. The van der Waals surface area contributed by atoms with Crippen LogP contribution >= 0.6 is 0 Å². The van der Waals surface area contributed by atoms with Gasteiger partial charge in [-0.3, -0.25) is 0 Å². The maximum Gasteiger partial charge on any atom is 0.119 e. The molecule has 1 aromatic carbocycles. The van der Waals surface area contributed by atoms with Gasteiger partial charge in [-0.1, -0.05) is 0 Å². The molecule has 0 aliphatic carbocycles. The average Bonchev–Trinajstić information content (AvgIpc) is 2.40.